The summed E-state index contributed by atoms with van der Waals surface area (Å²) in [6.45, 7) is 0.106. The van der Waals surface area contributed by atoms with E-state index in [0.717, 1.165) is 5.56 Å². The van der Waals surface area contributed by atoms with Crippen LogP contribution in [0.2, 0.25) is 0 Å². The molecule has 1 aliphatic carbocycles. The molecule has 1 fully saturated rings. The van der Waals surface area contributed by atoms with E-state index in [1.807, 2.05) is 0 Å². The second-order valence-corrected chi connectivity index (χ2v) is 4.30. The summed E-state index contributed by atoms with van der Waals surface area (Å²) in [4.78, 5) is 11.4. The molecule has 0 aromatic heterocycles. The zero-order valence-corrected chi connectivity index (χ0v) is 9.94. The molecule has 3 nitrogen and oxygen atoms in total. The largest absolute Gasteiger partial charge is 0.497 e. The summed E-state index contributed by atoms with van der Waals surface area (Å²) in [6.07, 6.45) is -2.19. The third-order valence-corrected chi connectivity index (χ3v) is 3.01. The Morgan fingerprint density at radius 2 is 2.06 bits per heavy atom. The van der Waals surface area contributed by atoms with Gasteiger partial charge in [0.1, 0.15) is 12.4 Å². The highest BCUT2D eigenvalue weighted by Crippen LogP contribution is 2.43. The zero-order chi connectivity index (χ0) is 13.1. The van der Waals surface area contributed by atoms with Crippen LogP contribution in [-0.4, -0.2) is 19.5 Å². The number of hydrogen-bond acceptors (Lipinski definition) is 3. The molecule has 0 unspecified atom stereocenters. The molecule has 1 aromatic carbocycles. The molecule has 0 bridgehead atoms. The quantitative estimate of drug-likeness (QED) is 0.760. The van der Waals surface area contributed by atoms with Crippen LogP contribution in [0.4, 0.5) is 8.78 Å². The summed E-state index contributed by atoms with van der Waals surface area (Å²) in [6, 6.07) is 7.04. The van der Waals surface area contributed by atoms with E-state index in [0.29, 0.717) is 5.75 Å². The van der Waals surface area contributed by atoms with Gasteiger partial charge in [-0.2, -0.15) is 0 Å². The minimum Gasteiger partial charge on any atom is -0.497 e. The van der Waals surface area contributed by atoms with Gasteiger partial charge in [-0.05, 0) is 24.1 Å². The van der Waals surface area contributed by atoms with E-state index in [4.69, 9.17) is 9.47 Å². The highest BCUT2D eigenvalue weighted by molar-refractivity contribution is 5.75. The molecule has 98 valence electrons. The van der Waals surface area contributed by atoms with Crippen molar-refractivity contribution in [3.8, 4) is 5.75 Å². The predicted molar refractivity (Wildman–Crippen MR) is 60.4 cm³/mol. The third kappa shape index (κ3) is 2.97. The van der Waals surface area contributed by atoms with Gasteiger partial charge >= 0.3 is 5.97 Å². The first-order chi connectivity index (χ1) is 8.61. The minimum absolute atomic E-state index is 0.106. The smallest absolute Gasteiger partial charge is 0.309 e. The summed E-state index contributed by atoms with van der Waals surface area (Å²) in [5, 5.41) is 0. The Bertz CT molecular complexity index is 417. The maximum atomic E-state index is 12.3. The lowest BCUT2D eigenvalue weighted by molar-refractivity contribution is -0.147. The Hall–Kier alpha value is -1.65. The highest BCUT2D eigenvalue weighted by Gasteiger charge is 2.49. The van der Waals surface area contributed by atoms with Crippen LogP contribution < -0.4 is 4.74 Å². The number of alkyl halides is 2. The fraction of sp³-hybridized carbons (Fsp3) is 0.462. The van der Waals surface area contributed by atoms with Crippen LogP contribution in [0, 0.1) is 11.8 Å². The highest BCUT2D eigenvalue weighted by atomic mass is 19.3. The molecule has 0 amide bonds. The van der Waals surface area contributed by atoms with Crippen LogP contribution in [0.15, 0.2) is 24.3 Å². The van der Waals surface area contributed by atoms with Crippen LogP contribution in [0.25, 0.3) is 0 Å². The second-order valence-electron chi connectivity index (χ2n) is 4.30. The van der Waals surface area contributed by atoms with Gasteiger partial charge in [0.25, 0.3) is 0 Å². The van der Waals surface area contributed by atoms with E-state index in [-0.39, 0.29) is 13.0 Å². The molecule has 18 heavy (non-hydrogen) atoms. The van der Waals surface area contributed by atoms with Gasteiger partial charge in [-0.25, -0.2) is 8.78 Å². The first-order valence-corrected chi connectivity index (χ1v) is 5.69. The summed E-state index contributed by atoms with van der Waals surface area (Å²) >= 11 is 0. The number of rotatable bonds is 5. The summed E-state index contributed by atoms with van der Waals surface area (Å²) < 4.78 is 34.5. The monoisotopic (exact) mass is 256 g/mol. The number of carbonyl (C=O) groups is 1. The summed E-state index contributed by atoms with van der Waals surface area (Å²) in [5.41, 5.74) is 0.804. The molecule has 2 atom stereocenters. The molecule has 1 aromatic rings. The number of esters is 1. The van der Waals surface area contributed by atoms with Crippen LogP contribution in [0.1, 0.15) is 12.0 Å². The predicted octanol–water partition coefficient (Wildman–Crippen LogP) is 2.64. The fourth-order valence-corrected chi connectivity index (χ4v) is 1.75. The molecule has 1 saturated carbocycles. The van der Waals surface area contributed by atoms with Crippen molar-refractivity contribution in [2.75, 3.05) is 7.11 Å². The minimum atomic E-state index is -2.43. The van der Waals surface area contributed by atoms with Crippen molar-refractivity contribution in [2.45, 2.75) is 19.5 Å². The van der Waals surface area contributed by atoms with Crippen molar-refractivity contribution in [3.63, 3.8) is 0 Å². The van der Waals surface area contributed by atoms with E-state index >= 15 is 0 Å². The normalized spacial score (nSPS) is 21.8. The molecule has 0 N–H and O–H groups in total. The zero-order valence-electron chi connectivity index (χ0n) is 9.94. The Morgan fingerprint density at radius 3 is 2.56 bits per heavy atom. The molecular weight excluding hydrogens is 242 g/mol. The number of halogens is 2. The number of benzene rings is 1. The Balaban J connectivity index is 1.79. The van der Waals surface area contributed by atoms with Gasteiger partial charge in [-0.1, -0.05) is 12.1 Å². The van der Waals surface area contributed by atoms with E-state index in [9.17, 15) is 13.6 Å². The van der Waals surface area contributed by atoms with Crippen molar-refractivity contribution in [2.24, 2.45) is 11.8 Å². The number of methoxy groups -OCH3 is 1. The third-order valence-electron chi connectivity index (χ3n) is 3.01. The lowest BCUT2D eigenvalue weighted by Gasteiger charge is -2.05. The van der Waals surface area contributed by atoms with Crippen LogP contribution in [-0.2, 0) is 16.1 Å². The van der Waals surface area contributed by atoms with E-state index < -0.39 is 24.2 Å². The average Bonchev–Trinajstić information content (AvgIpc) is 3.17. The molecule has 0 saturated heterocycles. The maximum absolute atomic E-state index is 12.3. The van der Waals surface area contributed by atoms with Gasteiger partial charge in [0.05, 0.1) is 13.0 Å². The van der Waals surface area contributed by atoms with Gasteiger partial charge in [-0.15, -0.1) is 0 Å². The molecule has 0 aliphatic heterocycles. The number of hydrogen-bond donors (Lipinski definition) is 0. The molecule has 1 aliphatic rings. The van der Waals surface area contributed by atoms with E-state index in [1.165, 1.54) is 0 Å². The summed E-state index contributed by atoms with van der Waals surface area (Å²) in [7, 11) is 1.56. The molecule has 0 heterocycles. The van der Waals surface area contributed by atoms with Crippen molar-refractivity contribution in [3.05, 3.63) is 29.8 Å². The van der Waals surface area contributed by atoms with E-state index in [2.05, 4.69) is 0 Å². The lowest BCUT2D eigenvalue weighted by Crippen LogP contribution is -2.10. The van der Waals surface area contributed by atoms with Crippen molar-refractivity contribution >= 4 is 5.97 Å². The topological polar surface area (TPSA) is 35.5 Å². The molecule has 2 rings (SSSR count). The van der Waals surface area contributed by atoms with Gasteiger partial charge in [0.2, 0.25) is 6.43 Å². The second kappa shape index (κ2) is 5.33. The standard InChI is InChI=1S/C13H14F2O3/c1-17-9-4-2-8(3-5-9)7-18-13(16)11-6-10(11)12(14)15/h2-5,10-12H,6-7H2,1H3/t10-,11+/m0/s1. The Labute approximate surface area is 104 Å². The van der Waals surface area contributed by atoms with Gasteiger partial charge in [-0.3, -0.25) is 4.79 Å². The SMILES string of the molecule is COc1ccc(COC(=O)[C@@H]2C[C@@H]2C(F)F)cc1. The van der Waals surface area contributed by atoms with Gasteiger partial charge in [0.15, 0.2) is 0 Å². The molecule has 0 radical (unpaired) electrons. The maximum Gasteiger partial charge on any atom is 0.309 e. The Morgan fingerprint density at radius 1 is 1.39 bits per heavy atom. The van der Waals surface area contributed by atoms with Crippen LogP contribution >= 0.6 is 0 Å². The molecule has 5 heteroatoms. The Kier molecular flexibility index (Phi) is 3.79. The summed E-state index contributed by atoms with van der Waals surface area (Å²) in [5.74, 6) is -1.25. The molecular formula is C13H14F2O3. The fourth-order valence-electron chi connectivity index (χ4n) is 1.75. The van der Waals surface area contributed by atoms with Crippen molar-refractivity contribution < 1.29 is 23.0 Å². The first-order valence-electron chi connectivity index (χ1n) is 5.69. The van der Waals surface area contributed by atoms with Gasteiger partial charge < -0.3 is 9.47 Å². The van der Waals surface area contributed by atoms with E-state index in [1.54, 1.807) is 31.4 Å². The first kappa shape index (κ1) is 12.8. The van der Waals surface area contributed by atoms with Crippen molar-refractivity contribution in [1.82, 2.24) is 0 Å². The van der Waals surface area contributed by atoms with Gasteiger partial charge in [0, 0.05) is 5.92 Å². The number of carbonyl (C=O) groups excluding carboxylic acids is 1. The van der Waals surface area contributed by atoms with Crippen molar-refractivity contribution in [1.29, 1.82) is 0 Å². The number of ether oxygens (including phenoxy) is 2. The molecule has 0 spiro atoms. The van der Waals surface area contributed by atoms with Crippen LogP contribution in [0.3, 0.4) is 0 Å². The lowest BCUT2D eigenvalue weighted by atomic mass is 10.2. The average molecular weight is 256 g/mol. The van der Waals surface area contributed by atoms with Crippen LogP contribution in [0.5, 0.6) is 5.75 Å².